The van der Waals surface area contributed by atoms with Crippen LogP contribution < -0.4 is 0 Å². The van der Waals surface area contributed by atoms with Crippen LogP contribution in [-0.4, -0.2) is 22.5 Å². The quantitative estimate of drug-likeness (QED) is 0.784. The van der Waals surface area contributed by atoms with Crippen molar-refractivity contribution in [1.29, 1.82) is 0 Å². The van der Waals surface area contributed by atoms with Gasteiger partial charge in [-0.3, -0.25) is 9.00 Å². The first-order chi connectivity index (χ1) is 8.43. The van der Waals surface area contributed by atoms with Crippen molar-refractivity contribution in [1.82, 2.24) is 0 Å². The zero-order valence-electron chi connectivity index (χ0n) is 10.1. The maximum atomic E-state index is 13.5. The van der Waals surface area contributed by atoms with Gasteiger partial charge in [-0.25, -0.2) is 4.39 Å². The summed E-state index contributed by atoms with van der Waals surface area (Å²) in [7, 11) is -0.0641. The van der Waals surface area contributed by atoms with Gasteiger partial charge < -0.3 is 4.74 Å². The SMILES string of the molecule is COC(=O)CC(C)S(=O)Cc1ccc(Cl)cc1F. The summed E-state index contributed by atoms with van der Waals surface area (Å²) < 4.78 is 29.9. The van der Waals surface area contributed by atoms with Crippen LogP contribution in [0.2, 0.25) is 5.02 Å². The number of hydrogen-bond acceptors (Lipinski definition) is 3. The number of halogens is 2. The number of ether oxygens (including phenoxy) is 1. The van der Waals surface area contributed by atoms with Crippen LogP contribution in [0, 0.1) is 5.82 Å². The van der Waals surface area contributed by atoms with Crippen molar-refractivity contribution in [3.8, 4) is 0 Å². The molecule has 0 amide bonds. The summed E-state index contributed by atoms with van der Waals surface area (Å²) in [6.07, 6.45) is 0.0539. The topological polar surface area (TPSA) is 43.4 Å². The van der Waals surface area contributed by atoms with Crippen LogP contribution in [0.1, 0.15) is 18.9 Å². The van der Waals surface area contributed by atoms with E-state index >= 15 is 0 Å². The molecule has 0 saturated heterocycles. The van der Waals surface area contributed by atoms with E-state index in [4.69, 9.17) is 11.6 Å². The lowest BCUT2D eigenvalue weighted by Gasteiger charge is -2.10. The van der Waals surface area contributed by atoms with E-state index in [1.807, 2.05) is 0 Å². The van der Waals surface area contributed by atoms with Gasteiger partial charge >= 0.3 is 5.97 Å². The molecule has 1 rings (SSSR count). The molecule has 0 aliphatic carbocycles. The summed E-state index contributed by atoms with van der Waals surface area (Å²) in [5.41, 5.74) is 0.328. The molecule has 0 heterocycles. The van der Waals surface area contributed by atoms with E-state index in [9.17, 15) is 13.4 Å². The highest BCUT2D eigenvalue weighted by molar-refractivity contribution is 7.84. The molecule has 0 bridgehead atoms. The monoisotopic (exact) mass is 292 g/mol. The number of carbonyl (C=O) groups is 1. The number of rotatable bonds is 5. The second-order valence-electron chi connectivity index (χ2n) is 3.85. The molecular formula is C12H14ClFO3S. The van der Waals surface area contributed by atoms with Gasteiger partial charge in [0.25, 0.3) is 0 Å². The van der Waals surface area contributed by atoms with Gasteiger partial charge in [0.05, 0.1) is 19.3 Å². The Hall–Kier alpha value is -0.940. The molecule has 100 valence electrons. The summed E-state index contributed by atoms with van der Waals surface area (Å²) in [5.74, 6) is -0.852. The van der Waals surface area contributed by atoms with Crippen molar-refractivity contribution >= 4 is 28.4 Å². The minimum Gasteiger partial charge on any atom is -0.469 e. The Balaban J connectivity index is 2.66. The average Bonchev–Trinajstić information content (AvgIpc) is 2.32. The first kappa shape index (κ1) is 15.1. The molecule has 6 heteroatoms. The molecule has 0 fully saturated rings. The largest absolute Gasteiger partial charge is 0.469 e. The van der Waals surface area contributed by atoms with E-state index in [0.717, 1.165) is 0 Å². The molecular weight excluding hydrogens is 279 g/mol. The second-order valence-corrected chi connectivity index (χ2v) is 6.14. The van der Waals surface area contributed by atoms with Crippen LogP contribution in [0.5, 0.6) is 0 Å². The minimum absolute atomic E-state index is 0.0539. The van der Waals surface area contributed by atoms with Crippen LogP contribution in [0.25, 0.3) is 0 Å². The summed E-state index contributed by atoms with van der Waals surface area (Å²) >= 11 is 5.63. The van der Waals surface area contributed by atoms with E-state index in [-0.39, 0.29) is 17.4 Å². The normalized spacial score (nSPS) is 14.0. The zero-order chi connectivity index (χ0) is 13.7. The van der Waals surface area contributed by atoms with Crippen molar-refractivity contribution in [2.45, 2.75) is 24.3 Å². The molecule has 0 N–H and O–H groups in total. The third-order valence-electron chi connectivity index (χ3n) is 2.44. The Labute approximate surface area is 113 Å². The summed E-state index contributed by atoms with van der Waals surface area (Å²) in [4.78, 5) is 11.0. The molecule has 0 saturated carbocycles. The fourth-order valence-electron chi connectivity index (χ4n) is 1.35. The van der Waals surface area contributed by atoms with Crippen LogP contribution in [0.15, 0.2) is 18.2 Å². The third-order valence-corrected chi connectivity index (χ3v) is 4.34. The Bertz CT molecular complexity index is 465. The van der Waals surface area contributed by atoms with Crippen LogP contribution in [-0.2, 0) is 26.1 Å². The van der Waals surface area contributed by atoms with Gasteiger partial charge in [0.1, 0.15) is 5.82 Å². The highest BCUT2D eigenvalue weighted by atomic mass is 35.5. The highest BCUT2D eigenvalue weighted by Gasteiger charge is 2.17. The van der Waals surface area contributed by atoms with E-state index < -0.39 is 22.6 Å². The van der Waals surface area contributed by atoms with Gasteiger partial charge in [-0.1, -0.05) is 24.6 Å². The van der Waals surface area contributed by atoms with Gasteiger partial charge in [0, 0.05) is 26.6 Å². The predicted molar refractivity (Wildman–Crippen MR) is 69.4 cm³/mol. The predicted octanol–water partition coefficient (Wildman–Crippen LogP) is 2.68. The Kier molecular flexibility index (Phi) is 5.75. The summed E-state index contributed by atoms with van der Waals surface area (Å²) in [6.45, 7) is 1.67. The summed E-state index contributed by atoms with van der Waals surface area (Å²) in [6, 6.07) is 4.22. The molecule has 1 aromatic carbocycles. The van der Waals surface area contributed by atoms with Crippen molar-refractivity contribution in [2.24, 2.45) is 0 Å². The number of methoxy groups -OCH3 is 1. The maximum Gasteiger partial charge on any atom is 0.306 e. The Morgan fingerprint density at radius 1 is 1.56 bits per heavy atom. The van der Waals surface area contributed by atoms with Crippen molar-refractivity contribution in [3.05, 3.63) is 34.6 Å². The lowest BCUT2D eigenvalue weighted by Crippen LogP contribution is -2.18. The first-order valence-corrected chi connectivity index (χ1v) is 7.08. The average molecular weight is 293 g/mol. The lowest BCUT2D eigenvalue weighted by atomic mass is 10.2. The van der Waals surface area contributed by atoms with E-state index in [0.29, 0.717) is 10.6 Å². The van der Waals surface area contributed by atoms with Crippen LogP contribution in [0.4, 0.5) is 4.39 Å². The fourth-order valence-corrected chi connectivity index (χ4v) is 2.65. The molecule has 2 atom stereocenters. The zero-order valence-corrected chi connectivity index (χ0v) is 11.7. The van der Waals surface area contributed by atoms with E-state index in [1.165, 1.54) is 19.2 Å². The van der Waals surface area contributed by atoms with Crippen molar-refractivity contribution in [3.63, 3.8) is 0 Å². The molecule has 0 aliphatic heterocycles. The minimum atomic E-state index is -1.34. The van der Waals surface area contributed by atoms with Gasteiger partial charge in [-0.05, 0) is 12.1 Å². The van der Waals surface area contributed by atoms with Crippen LogP contribution in [0.3, 0.4) is 0 Å². The van der Waals surface area contributed by atoms with Crippen LogP contribution >= 0.6 is 11.6 Å². The standard InChI is InChI=1S/C12H14ClFO3S/c1-8(5-12(15)17-2)18(16)7-9-3-4-10(13)6-11(9)14/h3-4,6,8H,5,7H2,1-2H3. The molecule has 0 aromatic heterocycles. The molecule has 3 nitrogen and oxygen atoms in total. The van der Waals surface area contributed by atoms with E-state index in [2.05, 4.69) is 4.74 Å². The second kappa shape index (κ2) is 6.85. The fraction of sp³-hybridized carbons (Fsp3) is 0.417. The first-order valence-electron chi connectivity index (χ1n) is 5.32. The molecule has 1 aromatic rings. The molecule has 0 spiro atoms. The van der Waals surface area contributed by atoms with Gasteiger partial charge in [-0.15, -0.1) is 0 Å². The molecule has 18 heavy (non-hydrogen) atoms. The number of carbonyl (C=O) groups excluding carboxylic acids is 1. The molecule has 0 radical (unpaired) electrons. The summed E-state index contributed by atoms with van der Waals surface area (Å²) in [5, 5.41) is -0.0860. The van der Waals surface area contributed by atoms with E-state index in [1.54, 1.807) is 13.0 Å². The van der Waals surface area contributed by atoms with Gasteiger partial charge in [0.2, 0.25) is 0 Å². The van der Waals surface area contributed by atoms with Gasteiger partial charge in [-0.2, -0.15) is 0 Å². The number of benzene rings is 1. The Morgan fingerprint density at radius 2 is 2.22 bits per heavy atom. The van der Waals surface area contributed by atoms with Crippen molar-refractivity contribution < 1.29 is 18.1 Å². The Morgan fingerprint density at radius 3 is 2.78 bits per heavy atom. The maximum absolute atomic E-state index is 13.5. The van der Waals surface area contributed by atoms with Crippen molar-refractivity contribution in [2.75, 3.05) is 7.11 Å². The highest BCUT2D eigenvalue weighted by Crippen LogP contribution is 2.17. The molecule has 2 unspecified atom stereocenters. The van der Waals surface area contributed by atoms with Gasteiger partial charge in [0.15, 0.2) is 0 Å². The smallest absolute Gasteiger partial charge is 0.306 e. The lowest BCUT2D eigenvalue weighted by molar-refractivity contribution is -0.140. The molecule has 0 aliphatic rings. The number of esters is 1. The number of hydrogen-bond donors (Lipinski definition) is 0. The third kappa shape index (κ3) is 4.38.